The van der Waals surface area contributed by atoms with Crippen LogP contribution in [0.1, 0.15) is 10.4 Å². The summed E-state index contributed by atoms with van der Waals surface area (Å²) in [6.45, 7) is 4.32. The maximum atomic E-state index is 12.9. The Kier molecular flexibility index (Phi) is 5.19. The molecule has 2 aromatic carbocycles. The van der Waals surface area contributed by atoms with E-state index in [0.717, 1.165) is 34.3 Å². The van der Waals surface area contributed by atoms with E-state index in [1.165, 1.54) is 0 Å². The molecule has 3 aliphatic heterocycles. The molecule has 10 heteroatoms. The van der Waals surface area contributed by atoms with Crippen LogP contribution in [0.15, 0.2) is 51.1 Å². The van der Waals surface area contributed by atoms with Crippen LogP contribution in [0.5, 0.6) is 0 Å². The predicted molar refractivity (Wildman–Crippen MR) is 114 cm³/mol. The summed E-state index contributed by atoms with van der Waals surface area (Å²) in [5.41, 5.74) is 2.23. The largest absolute Gasteiger partial charge is 0.379 e. The van der Waals surface area contributed by atoms with Gasteiger partial charge in [0.1, 0.15) is 0 Å². The minimum atomic E-state index is -3.64. The molecule has 1 saturated heterocycles. The van der Waals surface area contributed by atoms with Crippen LogP contribution in [0.3, 0.4) is 0 Å². The summed E-state index contributed by atoms with van der Waals surface area (Å²) in [6, 6.07) is 10.8. The summed E-state index contributed by atoms with van der Waals surface area (Å²) in [6.07, 6.45) is 0. The van der Waals surface area contributed by atoms with Crippen LogP contribution in [-0.4, -0.2) is 65.3 Å². The molecule has 5 rings (SSSR count). The number of hydrogen-bond acceptors (Lipinski definition) is 7. The average molecular weight is 447 g/mol. The van der Waals surface area contributed by atoms with Crippen molar-refractivity contribution in [1.29, 1.82) is 0 Å². The molecule has 30 heavy (non-hydrogen) atoms. The third kappa shape index (κ3) is 3.58. The Balaban J connectivity index is 1.38. The zero-order valence-electron chi connectivity index (χ0n) is 16.3. The van der Waals surface area contributed by atoms with E-state index in [1.807, 2.05) is 23.1 Å². The number of morpholine rings is 1. The quantitative estimate of drug-likeness (QED) is 0.721. The lowest BCUT2D eigenvalue weighted by Crippen LogP contribution is -2.42. The highest BCUT2D eigenvalue weighted by molar-refractivity contribution is 7.99. The molecule has 1 amide bonds. The van der Waals surface area contributed by atoms with Gasteiger partial charge < -0.3 is 15.0 Å². The molecule has 2 N–H and O–H groups in total. The topological polar surface area (TPSA) is 91.0 Å². The third-order valence-corrected chi connectivity index (χ3v) is 8.06. The summed E-state index contributed by atoms with van der Waals surface area (Å²) >= 11 is 1.55. The molecule has 0 saturated carbocycles. The van der Waals surface area contributed by atoms with E-state index in [2.05, 4.69) is 14.9 Å². The molecule has 1 fully saturated rings. The van der Waals surface area contributed by atoms with Gasteiger partial charge in [0, 0.05) is 36.0 Å². The van der Waals surface area contributed by atoms with Crippen molar-refractivity contribution in [3.8, 4) is 0 Å². The number of ether oxygens (including phenoxy) is 1. The maximum absolute atomic E-state index is 12.9. The number of nitrogens with zero attached hydrogens (tertiary/aromatic N) is 2. The second-order valence-electron chi connectivity index (χ2n) is 7.33. The van der Waals surface area contributed by atoms with Gasteiger partial charge >= 0.3 is 0 Å². The van der Waals surface area contributed by atoms with Crippen LogP contribution < -0.4 is 14.9 Å². The lowest BCUT2D eigenvalue weighted by Gasteiger charge is -2.37. The number of hydrogen-bond donors (Lipinski definition) is 2. The Morgan fingerprint density at radius 1 is 1.13 bits per heavy atom. The van der Waals surface area contributed by atoms with E-state index < -0.39 is 10.0 Å². The van der Waals surface area contributed by atoms with Gasteiger partial charge in [-0.2, -0.15) is 0 Å². The van der Waals surface area contributed by atoms with E-state index in [1.54, 1.807) is 30.0 Å². The number of rotatable bonds is 5. The number of sulfonamides is 1. The van der Waals surface area contributed by atoms with Gasteiger partial charge in [-0.3, -0.25) is 9.69 Å². The highest BCUT2D eigenvalue weighted by Crippen LogP contribution is 2.50. The first-order valence-electron chi connectivity index (χ1n) is 9.83. The molecular formula is C20H22N4O4S2. The average Bonchev–Trinajstić information content (AvgIpc) is 2.76. The molecule has 0 radical (unpaired) electrons. The number of amides is 1. The Morgan fingerprint density at radius 3 is 2.80 bits per heavy atom. The van der Waals surface area contributed by atoms with Crippen molar-refractivity contribution >= 4 is 39.1 Å². The second kappa shape index (κ2) is 7.86. The maximum Gasteiger partial charge on any atom is 0.254 e. The normalized spacial score (nSPS) is 18.5. The number of fused-ring (bicyclic) bond motifs is 2. The van der Waals surface area contributed by atoms with E-state index in [0.29, 0.717) is 38.5 Å². The lowest BCUT2D eigenvalue weighted by molar-refractivity contribution is 0.0390. The van der Waals surface area contributed by atoms with E-state index in [4.69, 9.17) is 4.74 Å². The van der Waals surface area contributed by atoms with Crippen LogP contribution in [-0.2, 0) is 14.8 Å². The zero-order chi connectivity index (χ0) is 20.7. The molecule has 158 valence electrons. The monoisotopic (exact) mass is 446 g/mol. The summed E-state index contributed by atoms with van der Waals surface area (Å²) in [4.78, 5) is 18.6. The van der Waals surface area contributed by atoms with Gasteiger partial charge in [0.25, 0.3) is 5.91 Å². The van der Waals surface area contributed by atoms with Crippen molar-refractivity contribution in [1.82, 2.24) is 14.9 Å². The summed E-state index contributed by atoms with van der Waals surface area (Å²) in [5, 5.41) is 2.87. The van der Waals surface area contributed by atoms with Crippen molar-refractivity contribution in [2.24, 2.45) is 0 Å². The van der Waals surface area contributed by atoms with Gasteiger partial charge in [-0.25, -0.2) is 13.1 Å². The lowest BCUT2D eigenvalue weighted by atomic mass is 10.1. The fourth-order valence-corrected chi connectivity index (χ4v) is 6.07. The molecule has 0 aromatic heterocycles. The number of carbonyl (C=O) groups excluding carboxylic acids is 1. The zero-order valence-corrected chi connectivity index (χ0v) is 17.9. The van der Waals surface area contributed by atoms with Crippen LogP contribution >= 0.6 is 11.8 Å². The summed E-state index contributed by atoms with van der Waals surface area (Å²) < 4.78 is 33.8. The number of anilines is 2. The predicted octanol–water partition coefficient (Wildman–Crippen LogP) is 1.60. The van der Waals surface area contributed by atoms with Gasteiger partial charge in [-0.1, -0.05) is 17.8 Å². The van der Waals surface area contributed by atoms with Crippen LogP contribution in [0.25, 0.3) is 0 Å². The number of nitrogens with one attached hydrogen (secondary N) is 2. The van der Waals surface area contributed by atoms with Crippen LogP contribution in [0.4, 0.5) is 11.4 Å². The molecule has 8 nitrogen and oxygen atoms in total. The first-order chi connectivity index (χ1) is 14.5. The first-order valence-corrected chi connectivity index (χ1v) is 12.1. The van der Waals surface area contributed by atoms with Crippen molar-refractivity contribution in [2.45, 2.75) is 14.7 Å². The van der Waals surface area contributed by atoms with E-state index in [9.17, 15) is 13.2 Å². The minimum absolute atomic E-state index is 0.110. The number of para-hydroxylation sites is 1. The van der Waals surface area contributed by atoms with Gasteiger partial charge in [0.2, 0.25) is 10.0 Å². The molecule has 0 unspecified atom stereocenters. The smallest absolute Gasteiger partial charge is 0.254 e. The van der Waals surface area contributed by atoms with Crippen molar-refractivity contribution in [3.05, 3.63) is 42.0 Å². The SMILES string of the molecule is O=C1NCN2c3cc(S(=O)(=O)NCCN4CCOCC4)ccc3Sc3cccc1c32. The Bertz CT molecular complexity index is 1100. The highest BCUT2D eigenvalue weighted by atomic mass is 32.2. The number of benzene rings is 2. The molecule has 3 heterocycles. The van der Waals surface area contributed by atoms with Crippen molar-refractivity contribution in [3.63, 3.8) is 0 Å². The Labute approximate surface area is 179 Å². The molecule has 0 aliphatic carbocycles. The fourth-order valence-electron chi connectivity index (χ4n) is 3.92. The van der Waals surface area contributed by atoms with Crippen molar-refractivity contribution < 1.29 is 17.9 Å². The van der Waals surface area contributed by atoms with Gasteiger partial charge in [0.15, 0.2) is 0 Å². The summed E-state index contributed by atoms with van der Waals surface area (Å²) in [5.74, 6) is -0.110. The van der Waals surface area contributed by atoms with E-state index >= 15 is 0 Å². The van der Waals surface area contributed by atoms with Gasteiger partial charge in [-0.15, -0.1) is 0 Å². The van der Waals surface area contributed by atoms with E-state index in [-0.39, 0.29) is 10.8 Å². The number of carbonyl (C=O) groups is 1. The van der Waals surface area contributed by atoms with Crippen LogP contribution in [0.2, 0.25) is 0 Å². The highest BCUT2D eigenvalue weighted by Gasteiger charge is 2.32. The fraction of sp³-hybridized carbons (Fsp3) is 0.350. The molecule has 0 spiro atoms. The Hall–Kier alpha value is -2.11. The third-order valence-electron chi connectivity index (χ3n) is 5.49. The molecule has 0 bridgehead atoms. The van der Waals surface area contributed by atoms with Gasteiger partial charge in [-0.05, 0) is 30.3 Å². The molecular weight excluding hydrogens is 424 g/mol. The first kappa shape index (κ1) is 19.8. The Morgan fingerprint density at radius 2 is 1.97 bits per heavy atom. The summed E-state index contributed by atoms with van der Waals surface area (Å²) in [7, 11) is -3.64. The molecule has 0 atom stereocenters. The van der Waals surface area contributed by atoms with Crippen molar-refractivity contribution in [2.75, 3.05) is 51.0 Å². The standard InChI is InChI=1S/C20H22N4O4S2/c25-20-15-2-1-3-18-19(15)24(13-21-20)16-12-14(4-5-17(16)29-18)30(26,27)22-6-7-23-8-10-28-11-9-23/h1-5,12,22H,6-11,13H2,(H,21,25). The molecule has 3 aliphatic rings. The van der Waals surface area contributed by atoms with Gasteiger partial charge in [0.05, 0.1) is 41.7 Å². The minimum Gasteiger partial charge on any atom is -0.379 e. The molecule has 2 aromatic rings. The second-order valence-corrected chi connectivity index (χ2v) is 10.2. The van der Waals surface area contributed by atoms with Crippen LogP contribution in [0, 0.1) is 0 Å².